The smallest absolute Gasteiger partial charge is 0.222 e. The summed E-state index contributed by atoms with van der Waals surface area (Å²) in [6.45, 7) is 2.62. The Balaban J connectivity index is 1.38. The molecule has 1 aliphatic heterocycles. The molecule has 2 aromatic heterocycles. The van der Waals surface area contributed by atoms with Crippen LogP contribution in [0.3, 0.4) is 0 Å². The average molecular weight is 344 g/mol. The summed E-state index contributed by atoms with van der Waals surface area (Å²) in [5, 5.41) is 4.73. The summed E-state index contributed by atoms with van der Waals surface area (Å²) in [4.78, 5) is 25.6. The van der Waals surface area contributed by atoms with Gasteiger partial charge in [-0.15, -0.1) is 11.3 Å². The van der Waals surface area contributed by atoms with Gasteiger partial charge in [-0.3, -0.25) is 4.79 Å². The molecule has 0 saturated carbocycles. The summed E-state index contributed by atoms with van der Waals surface area (Å²) >= 11 is 1.82. The lowest BCUT2D eigenvalue weighted by Gasteiger charge is -2.20. The molecule has 0 radical (unpaired) electrons. The first-order valence-electron chi connectivity index (χ1n) is 9.10. The van der Waals surface area contributed by atoms with Crippen molar-refractivity contribution in [1.29, 1.82) is 0 Å². The summed E-state index contributed by atoms with van der Waals surface area (Å²) in [7, 11) is 0. The summed E-state index contributed by atoms with van der Waals surface area (Å²) in [5.74, 6) is 1.30. The number of anilines is 1. The molecular weight excluding hydrogens is 320 g/mol. The van der Waals surface area contributed by atoms with Crippen molar-refractivity contribution in [2.75, 3.05) is 25.0 Å². The van der Waals surface area contributed by atoms with Crippen molar-refractivity contribution in [3.63, 3.8) is 0 Å². The summed E-state index contributed by atoms with van der Waals surface area (Å²) in [5.41, 5.74) is 1.46. The predicted octanol–water partition coefficient (Wildman–Crippen LogP) is 3.38. The van der Waals surface area contributed by atoms with Crippen molar-refractivity contribution in [1.82, 2.24) is 14.9 Å². The number of amides is 1. The van der Waals surface area contributed by atoms with Crippen LogP contribution in [0.5, 0.6) is 0 Å². The second kappa shape index (κ2) is 7.05. The van der Waals surface area contributed by atoms with Gasteiger partial charge in [0.1, 0.15) is 17.0 Å². The predicted molar refractivity (Wildman–Crippen MR) is 97.6 cm³/mol. The first-order valence-corrected chi connectivity index (χ1v) is 9.91. The fourth-order valence-electron chi connectivity index (χ4n) is 3.81. The van der Waals surface area contributed by atoms with Crippen LogP contribution in [0.2, 0.25) is 0 Å². The molecule has 0 bridgehead atoms. The highest BCUT2D eigenvalue weighted by atomic mass is 32.1. The van der Waals surface area contributed by atoms with Gasteiger partial charge in [-0.1, -0.05) is 6.42 Å². The van der Waals surface area contributed by atoms with Gasteiger partial charge in [-0.25, -0.2) is 9.97 Å². The molecule has 1 saturated heterocycles. The first kappa shape index (κ1) is 15.8. The molecule has 2 aromatic rings. The van der Waals surface area contributed by atoms with Crippen LogP contribution >= 0.6 is 11.3 Å². The molecule has 4 rings (SSSR count). The van der Waals surface area contributed by atoms with Gasteiger partial charge < -0.3 is 10.2 Å². The molecule has 24 heavy (non-hydrogen) atoms. The summed E-state index contributed by atoms with van der Waals surface area (Å²) < 4.78 is 0. The van der Waals surface area contributed by atoms with Gasteiger partial charge in [0.15, 0.2) is 0 Å². The number of hydrogen-bond donors (Lipinski definition) is 1. The fourth-order valence-corrected chi connectivity index (χ4v) is 5.04. The number of fused-ring (bicyclic) bond motifs is 3. The van der Waals surface area contributed by atoms with Crippen LogP contribution in [-0.4, -0.2) is 40.4 Å². The van der Waals surface area contributed by atoms with E-state index in [1.807, 2.05) is 16.2 Å². The Kier molecular flexibility index (Phi) is 4.65. The zero-order valence-corrected chi connectivity index (χ0v) is 14.8. The molecule has 3 heterocycles. The van der Waals surface area contributed by atoms with Crippen LogP contribution in [-0.2, 0) is 17.6 Å². The van der Waals surface area contributed by atoms with Crippen molar-refractivity contribution in [2.45, 2.75) is 51.4 Å². The molecule has 128 valence electrons. The lowest BCUT2D eigenvalue weighted by molar-refractivity contribution is -0.130. The molecule has 1 N–H and O–H groups in total. The first-order chi connectivity index (χ1) is 11.8. The molecular formula is C18H24N4OS. The van der Waals surface area contributed by atoms with Crippen molar-refractivity contribution >= 4 is 33.3 Å². The second-order valence-corrected chi connectivity index (χ2v) is 7.82. The molecule has 6 heteroatoms. The fraction of sp³-hybridized carbons (Fsp3) is 0.611. The number of thiophene rings is 1. The molecule has 1 fully saturated rings. The number of hydrogen-bond acceptors (Lipinski definition) is 5. The van der Waals surface area contributed by atoms with E-state index < -0.39 is 0 Å². The van der Waals surface area contributed by atoms with E-state index in [0.717, 1.165) is 62.4 Å². The van der Waals surface area contributed by atoms with Crippen LogP contribution in [0.15, 0.2) is 6.33 Å². The van der Waals surface area contributed by atoms with Crippen molar-refractivity contribution in [2.24, 2.45) is 0 Å². The van der Waals surface area contributed by atoms with Gasteiger partial charge in [0.05, 0.1) is 5.39 Å². The largest absolute Gasteiger partial charge is 0.369 e. The third-order valence-electron chi connectivity index (χ3n) is 5.07. The van der Waals surface area contributed by atoms with Crippen molar-refractivity contribution < 1.29 is 4.79 Å². The third kappa shape index (κ3) is 3.11. The number of aromatic nitrogens is 2. The third-order valence-corrected chi connectivity index (χ3v) is 6.27. The molecule has 5 nitrogen and oxygen atoms in total. The number of nitrogens with zero attached hydrogens (tertiary/aromatic N) is 3. The van der Waals surface area contributed by atoms with E-state index in [2.05, 4.69) is 15.3 Å². The minimum absolute atomic E-state index is 0.326. The Bertz CT molecular complexity index is 742. The maximum atomic E-state index is 12.0. The highest BCUT2D eigenvalue weighted by Gasteiger charge is 2.21. The lowest BCUT2D eigenvalue weighted by Crippen LogP contribution is -2.32. The van der Waals surface area contributed by atoms with Gasteiger partial charge in [0, 0.05) is 30.9 Å². The van der Waals surface area contributed by atoms with Gasteiger partial charge in [-0.2, -0.15) is 0 Å². The standard InChI is InChI=1S/C18H24N4OS/c23-15-8-2-1-3-10-22(15)11-5-9-19-17-16-13-6-4-7-14(13)24-18(16)21-12-20-17/h12H,1-11H2,(H,19,20,21). The molecule has 0 spiro atoms. The molecule has 0 aromatic carbocycles. The number of rotatable bonds is 5. The minimum Gasteiger partial charge on any atom is -0.369 e. The maximum absolute atomic E-state index is 12.0. The molecule has 1 amide bonds. The van der Waals surface area contributed by atoms with Crippen LogP contribution in [0.1, 0.15) is 49.0 Å². The average Bonchev–Trinajstić information content (AvgIpc) is 3.10. The highest BCUT2D eigenvalue weighted by molar-refractivity contribution is 7.19. The van der Waals surface area contributed by atoms with E-state index in [-0.39, 0.29) is 0 Å². The Morgan fingerprint density at radius 3 is 3.04 bits per heavy atom. The maximum Gasteiger partial charge on any atom is 0.222 e. The van der Waals surface area contributed by atoms with E-state index in [9.17, 15) is 4.79 Å². The van der Waals surface area contributed by atoms with E-state index in [0.29, 0.717) is 5.91 Å². The zero-order chi connectivity index (χ0) is 16.4. The van der Waals surface area contributed by atoms with Crippen LogP contribution in [0.25, 0.3) is 10.2 Å². The van der Waals surface area contributed by atoms with Crippen LogP contribution in [0.4, 0.5) is 5.82 Å². The number of nitrogens with one attached hydrogen (secondary N) is 1. The molecule has 2 aliphatic rings. The Labute approximate surface area is 146 Å². The van der Waals surface area contributed by atoms with Crippen molar-refractivity contribution in [3.05, 3.63) is 16.8 Å². The number of likely N-dealkylation sites (tertiary alicyclic amines) is 1. The van der Waals surface area contributed by atoms with Crippen LogP contribution in [0, 0.1) is 0 Å². The molecule has 0 atom stereocenters. The normalized spacial score (nSPS) is 18.0. The van der Waals surface area contributed by atoms with Gasteiger partial charge in [0.25, 0.3) is 0 Å². The van der Waals surface area contributed by atoms with E-state index in [1.165, 1.54) is 35.1 Å². The highest BCUT2D eigenvalue weighted by Crippen LogP contribution is 2.38. The number of carbonyl (C=O) groups is 1. The lowest BCUT2D eigenvalue weighted by atomic mass is 10.2. The van der Waals surface area contributed by atoms with Crippen LogP contribution < -0.4 is 5.32 Å². The Morgan fingerprint density at radius 2 is 2.08 bits per heavy atom. The Hall–Kier alpha value is -1.69. The summed E-state index contributed by atoms with van der Waals surface area (Å²) in [6, 6.07) is 0. The SMILES string of the molecule is O=C1CCCCCN1CCCNc1ncnc2sc3c(c12)CCC3. The van der Waals surface area contributed by atoms with Gasteiger partial charge in [-0.05, 0) is 44.1 Å². The van der Waals surface area contributed by atoms with Crippen molar-refractivity contribution in [3.8, 4) is 0 Å². The topological polar surface area (TPSA) is 58.1 Å². The zero-order valence-electron chi connectivity index (χ0n) is 14.0. The number of carbonyl (C=O) groups excluding carboxylic acids is 1. The Morgan fingerprint density at radius 1 is 1.12 bits per heavy atom. The van der Waals surface area contributed by atoms with E-state index in [4.69, 9.17) is 0 Å². The quantitative estimate of drug-likeness (QED) is 0.845. The second-order valence-electron chi connectivity index (χ2n) is 6.73. The number of aryl methyl sites for hydroxylation is 2. The molecule has 0 unspecified atom stereocenters. The van der Waals surface area contributed by atoms with E-state index in [1.54, 1.807) is 6.33 Å². The van der Waals surface area contributed by atoms with E-state index >= 15 is 0 Å². The molecule has 1 aliphatic carbocycles. The monoisotopic (exact) mass is 344 g/mol. The van der Waals surface area contributed by atoms with Gasteiger partial charge in [0.2, 0.25) is 5.91 Å². The van der Waals surface area contributed by atoms with Gasteiger partial charge >= 0.3 is 0 Å². The summed E-state index contributed by atoms with van der Waals surface area (Å²) in [6.07, 6.45) is 10.3. The minimum atomic E-state index is 0.326.